The quantitative estimate of drug-likeness (QED) is 0.432. The molecule has 0 fully saturated rings. The molecule has 0 atom stereocenters. The summed E-state index contributed by atoms with van der Waals surface area (Å²) in [5.41, 5.74) is 2.72. The molecule has 29 heavy (non-hydrogen) atoms. The molecule has 1 aromatic carbocycles. The molecule has 0 aliphatic carbocycles. The third-order valence-corrected chi connectivity index (χ3v) is 5.73. The van der Waals surface area contributed by atoms with Crippen LogP contribution in [0.4, 0.5) is 5.13 Å². The molecule has 1 amide bonds. The van der Waals surface area contributed by atoms with Crippen LogP contribution in [-0.2, 0) is 27.8 Å². The van der Waals surface area contributed by atoms with E-state index in [4.69, 9.17) is 4.74 Å². The summed E-state index contributed by atoms with van der Waals surface area (Å²) in [5.74, 6) is 0.383. The molecular weight excluding hydrogens is 410 g/mol. The molecule has 1 N–H and O–H groups in total. The average Bonchev–Trinajstić information content (AvgIpc) is 3.27. The minimum atomic E-state index is -0.335. The summed E-state index contributed by atoms with van der Waals surface area (Å²) in [6.45, 7) is 4.11. The Morgan fingerprint density at radius 1 is 1.24 bits per heavy atom. The van der Waals surface area contributed by atoms with Gasteiger partial charge in [-0.15, -0.1) is 21.5 Å². The predicted molar refractivity (Wildman–Crippen MR) is 113 cm³/mol. The second-order valence-corrected chi connectivity index (χ2v) is 7.99. The monoisotopic (exact) mass is 431 g/mol. The molecule has 0 radical (unpaired) electrons. The molecule has 2 aromatic heterocycles. The number of amides is 1. The van der Waals surface area contributed by atoms with Crippen molar-refractivity contribution in [3.05, 3.63) is 40.9 Å². The summed E-state index contributed by atoms with van der Waals surface area (Å²) in [7, 11) is 1.87. The van der Waals surface area contributed by atoms with Crippen molar-refractivity contribution in [3.63, 3.8) is 0 Å². The Morgan fingerprint density at radius 3 is 2.72 bits per heavy atom. The van der Waals surface area contributed by atoms with Crippen LogP contribution < -0.4 is 5.32 Å². The highest BCUT2D eigenvalue weighted by Crippen LogP contribution is 2.23. The van der Waals surface area contributed by atoms with E-state index in [1.165, 1.54) is 28.7 Å². The topological polar surface area (TPSA) is 99.0 Å². The highest BCUT2D eigenvalue weighted by molar-refractivity contribution is 7.99. The van der Waals surface area contributed by atoms with Crippen LogP contribution in [0.3, 0.4) is 0 Å². The summed E-state index contributed by atoms with van der Waals surface area (Å²) in [4.78, 5) is 28.0. The zero-order chi connectivity index (χ0) is 20.8. The number of anilines is 1. The van der Waals surface area contributed by atoms with Crippen molar-refractivity contribution in [2.45, 2.75) is 25.4 Å². The largest absolute Gasteiger partial charge is 0.466 e. The van der Waals surface area contributed by atoms with Crippen LogP contribution in [0.5, 0.6) is 0 Å². The maximum atomic E-state index is 12.2. The molecule has 2 heterocycles. The number of ether oxygens (including phenoxy) is 1. The number of hydrogen-bond donors (Lipinski definition) is 1. The fourth-order valence-corrected chi connectivity index (χ4v) is 3.92. The molecule has 8 nitrogen and oxygen atoms in total. The van der Waals surface area contributed by atoms with Crippen LogP contribution in [-0.4, -0.2) is 44.0 Å². The van der Waals surface area contributed by atoms with E-state index in [0.717, 1.165) is 11.4 Å². The van der Waals surface area contributed by atoms with E-state index in [1.807, 2.05) is 42.8 Å². The molecule has 0 bridgehead atoms. The number of aromatic nitrogens is 4. The maximum Gasteiger partial charge on any atom is 0.311 e. The first-order valence-corrected chi connectivity index (χ1v) is 10.8. The van der Waals surface area contributed by atoms with Gasteiger partial charge >= 0.3 is 5.97 Å². The van der Waals surface area contributed by atoms with Crippen LogP contribution in [0, 0.1) is 6.92 Å². The summed E-state index contributed by atoms with van der Waals surface area (Å²) >= 11 is 2.57. The first-order chi connectivity index (χ1) is 14.0. The third-order valence-electron chi connectivity index (χ3n) is 3.91. The number of carbonyl (C=O) groups excluding carboxylic acids is 2. The van der Waals surface area contributed by atoms with Gasteiger partial charge < -0.3 is 14.6 Å². The first kappa shape index (κ1) is 21.0. The summed E-state index contributed by atoms with van der Waals surface area (Å²) in [6.07, 6.45) is 0.0929. The van der Waals surface area contributed by atoms with Crippen LogP contribution in [0.2, 0.25) is 0 Å². The zero-order valence-corrected chi connectivity index (χ0v) is 18.0. The normalized spacial score (nSPS) is 10.7. The highest BCUT2D eigenvalue weighted by atomic mass is 32.2. The minimum absolute atomic E-state index is 0.0929. The van der Waals surface area contributed by atoms with Gasteiger partial charge in [0, 0.05) is 18.0 Å². The van der Waals surface area contributed by atoms with Gasteiger partial charge in [-0.05, 0) is 13.8 Å². The number of nitrogens with one attached hydrogen (secondary N) is 1. The first-order valence-electron chi connectivity index (χ1n) is 8.95. The summed E-state index contributed by atoms with van der Waals surface area (Å²) in [6, 6.07) is 8.04. The SMILES string of the molecule is CCOC(=O)Cc1csc(NC(=O)CSc2nnc(-c3ccc(C)cc3)n2C)n1. The Morgan fingerprint density at radius 2 is 2.00 bits per heavy atom. The van der Waals surface area contributed by atoms with Crippen molar-refractivity contribution in [1.82, 2.24) is 19.7 Å². The lowest BCUT2D eigenvalue weighted by Gasteiger charge is -2.04. The van der Waals surface area contributed by atoms with Gasteiger partial charge in [0.25, 0.3) is 0 Å². The number of esters is 1. The smallest absolute Gasteiger partial charge is 0.311 e. The molecule has 0 spiro atoms. The Hall–Kier alpha value is -2.72. The van der Waals surface area contributed by atoms with Gasteiger partial charge in [0.2, 0.25) is 5.91 Å². The molecule has 10 heteroatoms. The molecule has 0 saturated heterocycles. The molecule has 152 valence electrons. The van der Waals surface area contributed by atoms with Crippen molar-refractivity contribution in [2.75, 3.05) is 17.7 Å². The van der Waals surface area contributed by atoms with E-state index in [0.29, 0.717) is 22.6 Å². The number of thiazole rings is 1. The number of rotatable bonds is 8. The van der Waals surface area contributed by atoms with E-state index in [1.54, 1.807) is 12.3 Å². The second kappa shape index (κ2) is 9.66. The van der Waals surface area contributed by atoms with E-state index < -0.39 is 0 Å². The average molecular weight is 432 g/mol. The van der Waals surface area contributed by atoms with Crippen molar-refractivity contribution >= 4 is 40.1 Å². The molecule has 3 rings (SSSR count). The van der Waals surface area contributed by atoms with E-state index >= 15 is 0 Å². The van der Waals surface area contributed by atoms with Crippen molar-refractivity contribution < 1.29 is 14.3 Å². The van der Waals surface area contributed by atoms with Crippen molar-refractivity contribution in [3.8, 4) is 11.4 Å². The number of thioether (sulfide) groups is 1. The van der Waals surface area contributed by atoms with Gasteiger partial charge in [-0.1, -0.05) is 41.6 Å². The second-order valence-electron chi connectivity index (χ2n) is 6.19. The van der Waals surface area contributed by atoms with Crippen LogP contribution in [0.1, 0.15) is 18.2 Å². The third kappa shape index (κ3) is 5.64. The Bertz CT molecular complexity index is 998. The molecular formula is C19H21N5O3S2. The predicted octanol–water partition coefficient (Wildman–Crippen LogP) is 3.08. The summed E-state index contributed by atoms with van der Waals surface area (Å²) in [5, 5.41) is 14.0. The lowest BCUT2D eigenvalue weighted by atomic mass is 10.1. The van der Waals surface area contributed by atoms with E-state index in [2.05, 4.69) is 20.5 Å². The molecule has 3 aromatic rings. The molecule has 0 aliphatic heterocycles. The van der Waals surface area contributed by atoms with Crippen LogP contribution in [0.15, 0.2) is 34.8 Å². The lowest BCUT2D eigenvalue weighted by molar-refractivity contribution is -0.142. The number of carbonyl (C=O) groups is 2. The molecule has 0 aliphatic rings. The van der Waals surface area contributed by atoms with Crippen LogP contribution in [0.25, 0.3) is 11.4 Å². The Labute approximate surface area is 176 Å². The number of aryl methyl sites for hydroxylation is 1. The summed E-state index contributed by atoms with van der Waals surface area (Å²) < 4.78 is 6.76. The fourth-order valence-electron chi connectivity index (χ4n) is 2.49. The minimum Gasteiger partial charge on any atom is -0.466 e. The van der Waals surface area contributed by atoms with Gasteiger partial charge in [0.1, 0.15) is 0 Å². The van der Waals surface area contributed by atoms with Gasteiger partial charge in [0.05, 0.1) is 24.5 Å². The number of nitrogens with zero attached hydrogens (tertiary/aromatic N) is 4. The lowest BCUT2D eigenvalue weighted by Crippen LogP contribution is -2.14. The molecule has 0 saturated carbocycles. The fraction of sp³-hybridized carbons (Fsp3) is 0.316. The van der Waals surface area contributed by atoms with E-state index in [9.17, 15) is 9.59 Å². The van der Waals surface area contributed by atoms with Crippen molar-refractivity contribution in [1.29, 1.82) is 0 Å². The van der Waals surface area contributed by atoms with Gasteiger partial charge in [-0.25, -0.2) is 4.98 Å². The number of benzene rings is 1. The molecule has 0 unspecified atom stereocenters. The highest BCUT2D eigenvalue weighted by Gasteiger charge is 2.14. The standard InChI is InChI=1S/C19H21N5O3S2/c1-4-27-16(26)9-14-10-28-18(20-14)21-15(25)11-29-19-23-22-17(24(19)3)13-7-5-12(2)6-8-13/h5-8,10H,4,9,11H2,1-3H3,(H,20,21,25). The maximum absolute atomic E-state index is 12.2. The van der Waals surface area contributed by atoms with Crippen molar-refractivity contribution in [2.24, 2.45) is 7.05 Å². The van der Waals surface area contributed by atoms with Gasteiger partial charge in [-0.2, -0.15) is 0 Å². The van der Waals surface area contributed by atoms with E-state index in [-0.39, 0.29) is 24.1 Å². The van der Waals surface area contributed by atoms with Gasteiger partial charge in [-0.3, -0.25) is 9.59 Å². The number of hydrogen-bond acceptors (Lipinski definition) is 8. The van der Waals surface area contributed by atoms with Gasteiger partial charge in [0.15, 0.2) is 16.1 Å². The Balaban J connectivity index is 1.54. The van der Waals surface area contributed by atoms with Crippen LogP contribution >= 0.6 is 23.1 Å². The Kier molecular flexibility index (Phi) is 6.99. The zero-order valence-electron chi connectivity index (χ0n) is 16.3.